The highest BCUT2D eigenvalue weighted by Crippen LogP contribution is 2.20. The van der Waals surface area contributed by atoms with E-state index in [-0.39, 0.29) is 5.82 Å². The molecular weight excluding hydrogens is 265 g/mol. The van der Waals surface area contributed by atoms with E-state index in [0.29, 0.717) is 11.7 Å². The van der Waals surface area contributed by atoms with Crippen LogP contribution in [0.1, 0.15) is 12.0 Å². The molecule has 1 aliphatic rings. The second-order valence-corrected chi connectivity index (χ2v) is 5.62. The maximum atomic E-state index is 13.3. The Balaban J connectivity index is 1.57. The van der Waals surface area contributed by atoms with Crippen LogP contribution in [0, 0.1) is 5.82 Å². The summed E-state index contributed by atoms with van der Waals surface area (Å²) in [5.74, 6) is -0.295. The van der Waals surface area contributed by atoms with E-state index in [1.165, 1.54) is 17.7 Å². The third-order valence-corrected chi connectivity index (χ3v) is 3.81. The van der Waals surface area contributed by atoms with E-state index in [0.717, 1.165) is 31.7 Å². The van der Waals surface area contributed by atoms with Crippen LogP contribution in [0.4, 0.5) is 15.8 Å². The zero-order valence-corrected chi connectivity index (χ0v) is 11.9. The van der Waals surface area contributed by atoms with Gasteiger partial charge in [0, 0.05) is 37.1 Å². The van der Waals surface area contributed by atoms with Crippen molar-refractivity contribution < 1.29 is 4.39 Å². The molecule has 3 N–H and O–H groups in total. The predicted octanol–water partition coefficient (Wildman–Crippen LogP) is 3.09. The number of anilines is 2. The number of halogens is 1. The molecule has 0 radical (unpaired) electrons. The van der Waals surface area contributed by atoms with Crippen molar-refractivity contribution >= 4 is 11.4 Å². The van der Waals surface area contributed by atoms with Crippen LogP contribution < -0.4 is 11.1 Å². The van der Waals surface area contributed by atoms with Gasteiger partial charge in [0.15, 0.2) is 0 Å². The standard InChI is InChI=1S/C17H20FN3/c18-14-8-15(19)10-17(9-14)20-16-6-7-21(12-16)11-13-4-2-1-3-5-13/h1-5,8-10,16,20H,6-7,11-12,19H2. The minimum absolute atomic E-state index is 0.295. The third-order valence-electron chi connectivity index (χ3n) is 3.81. The number of benzene rings is 2. The molecule has 1 heterocycles. The third kappa shape index (κ3) is 3.73. The number of hydrogen-bond acceptors (Lipinski definition) is 3. The average Bonchev–Trinajstić information content (AvgIpc) is 2.86. The number of likely N-dealkylation sites (tertiary alicyclic amines) is 1. The Labute approximate surface area is 124 Å². The van der Waals surface area contributed by atoms with Crippen molar-refractivity contribution in [1.29, 1.82) is 0 Å². The lowest BCUT2D eigenvalue weighted by atomic mass is 10.2. The van der Waals surface area contributed by atoms with Crippen LogP contribution in [0.3, 0.4) is 0 Å². The maximum absolute atomic E-state index is 13.3. The SMILES string of the molecule is Nc1cc(F)cc(NC2CCN(Cc3ccccc3)C2)c1. The monoisotopic (exact) mass is 285 g/mol. The molecule has 0 saturated carbocycles. The van der Waals surface area contributed by atoms with Gasteiger partial charge in [-0.05, 0) is 30.2 Å². The number of nitrogen functional groups attached to an aromatic ring is 1. The minimum atomic E-state index is -0.295. The van der Waals surface area contributed by atoms with Crippen molar-refractivity contribution in [2.24, 2.45) is 0 Å². The van der Waals surface area contributed by atoms with Crippen LogP contribution in [0.2, 0.25) is 0 Å². The minimum Gasteiger partial charge on any atom is -0.399 e. The Morgan fingerprint density at radius 3 is 2.76 bits per heavy atom. The molecule has 1 fully saturated rings. The molecule has 1 saturated heterocycles. The zero-order valence-electron chi connectivity index (χ0n) is 11.9. The second kappa shape index (κ2) is 6.14. The van der Waals surface area contributed by atoms with Gasteiger partial charge in [-0.2, -0.15) is 0 Å². The van der Waals surface area contributed by atoms with Crippen molar-refractivity contribution in [1.82, 2.24) is 4.90 Å². The van der Waals surface area contributed by atoms with Gasteiger partial charge in [0.25, 0.3) is 0 Å². The van der Waals surface area contributed by atoms with Crippen LogP contribution in [-0.2, 0) is 6.54 Å². The lowest BCUT2D eigenvalue weighted by Crippen LogP contribution is -2.26. The van der Waals surface area contributed by atoms with Crippen LogP contribution >= 0.6 is 0 Å². The summed E-state index contributed by atoms with van der Waals surface area (Å²) >= 11 is 0. The van der Waals surface area contributed by atoms with Gasteiger partial charge in [0.2, 0.25) is 0 Å². The lowest BCUT2D eigenvalue weighted by Gasteiger charge is -2.17. The van der Waals surface area contributed by atoms with Crippen LogP contribution in [-0.4, -0.2) is 24.0 Å². The summed E-state index contributed by atoms with van der Waals surface area (Å²) < 4.78 is 13.3. The van der Waals surface area contributed by atoms with E-state index in [1.54, 1.807) is 6.07 Å². The fourth-order valence-electron chi connectivity index (χ4n) is 2.87. The molecule has 110 valence electrons. The van der Waals surface area contributed by atoms with Gasteiger partial charge in [-0.25, -0.2) is 4.39 Å². The smallest absolute Gasteiger partial charge is 0.127 e. The first-order valence-corrected chi connectivity index (χ1v) is 7.28. The summed E-state index contributed by atoms with van der Waals surface area (Å²) in [5.41, 5.74) is 8.22. The Hall–Kier alpha value is -2.07. The molecule has 2 aromatic rings. The van der Waals surface area contributed by atoms with E-state index < -0.39 is 0 Å². The highest BCUT2D eigenvalue weighted by atomic mass is 19.1. The topological polar surface area (TPSA) is 41.3 Å². The van der Waals surface area contributed by atoms with Gasteiger partial charge in [-0.15, -0.1) is 0 Å². The Bertz CT molecular complexity index is 580. The first-order valence-electron chi connectivity index (χ1n) is 7.28. The summed E-state index contributed by atoms with van der Waals surface area (Å²) in [6.45, 7) is 2.98. The number of nitrogens with one attached hydrogen (secondary N) is 1. The molecule has 0 aromatic heterocycles. The molecular formula is C17H20FN3. The summed E-state index contributed by atoms with van der Waals surface area (Å²) in [4.78, 5) is 2.41. The van der Waals surface area contributed by atoms with E-state index in [1.807, 2.05) is 6.07 Å². The van der Waals surface area contributed by atoms with E-state index >= 15 is 0 Å². The summed E-state index contributed by atoms with van der Waals surface area (Å²) in [6.07, 6.45) is 1.06. The summed E-state index contributed by atoms with van der Waals surface area (Å²) in [7, 11) is 0. The van der Waals surface area contributed by atoms with Crippen molar-refractivity contribution in [3.63, 3.8) is 0 Å². The van der Waals surface area contributed by atoms with Gasteiger partial charge in [0.1, 0.15) is 5.82 Å². The Kier molecular flexibility index (Phi) is 4.06. The highest BCUT2D eigenvalue weighted by Gasteiger charge is 2.22. The summed E-state index contributed by atoms with van der Waals surface area (Å²) in [6, 6.07) is 15.4. The van der Waals surface area contributed by atoms with Gasteiger partial charge in [-0.3, -0.25) is 4.90 Å². The molecule has 4 heteroatoms. The number of hydrogen-bond donors (Lipinski definition) is 2. The van der Waals surface area contributed by atoms with Crippen LogP contribution in [0.25, 0.3) is 0 Å². The van der Waals surface area contributed by atoms with Crippen molar-refractivity contribution in [2.45, 2.75) is 19.0 Å². The fraction of sp³-hybridized carbons (Fsp3) is 0.294. The Morgan fingerprint density at radius 1 is 1.19 bits per heavy atom. The molecule has 21 heavy (non-hydrogen) atoms. The predicted molar refractivity (Wildman–Crippen MR) is 84.6 cm³/mol. The molecule has 0 spiro atoms. The maximum Gasteiger partial charge on any atom is 0.127 e. The molecule has 1 aliphatic heterocycles. The van der Waals surface area contributed by atoms with Crippen LogP contribution in [0.15, 0.2) is 48.5 Å². The molecule has 0 amide bonds. The molecule has 3 rings (SSSR count). The number of nitrogens with two attached hydrogens (primary N) is 1. The quantitative estimate of drug-likeness (QED) is 0.848. The highest BCUT2D eigenvalue weighted by molar-refractivity contribution is 5.55. The normalized spacial score (nSPS) is 18.8. The van der Waals surface area contributed by atoms with E-state index in [4.69, 9.17) is 5.73 Å². The van der Waals surface area contributed by atoms with Crippen molar-refractivity contribution in [3.8, 4) is 0 Å². The molecule has 0 aliphatic carbocycles. The van der Waals surface area contributed by atoms with Gasteiger partial charge in [0.05, 0.1) is 0 Å². The first-order chi connectivity index (χ1) is 10.2. The second-order valence-electron chi connectivity index (χ2n) is 5.62. The van der Waals surface area contributed by atoms with Crippen molar-refractivity contribution in [3.05, 3.63) is 59.9 Å². The Morgan fingerprint density at radius 2 is 2.00 bits per heavy atom. The van der Waals surface area contributed by atoms with Crippen molar-refractivity contribution in [2.75, 3.05) is 24.1 Å². The zero-order chi connectivity index (χ0) is 14.7. The van der Waals surface area contributed by atoms with Gasteiger partial charge in [-0.1, -0.05) is 30.3 Å². The molecule has 1 unspecified atom stereocenters. The largest absolute Gasteiger partial charge is 0.399 e. The van der Waals surface area contributed by atoms with Gasteiger partial charge >= 0.3 is 0 Å². The molecule has 2 aromatic carbocycles. The van der Waals surface area contributed by atoms with Crippen LogP contribution in [0.5, 0.6) is 0 Å². The number of rotatable bonds is 4. The first kappa shape index (κ1) is 13.9. The number of nitrogens with zero attached hydrogens (tertiary/aromatic N) is 1. The molecule has 3 nitrogen and oxygen atoms in total. The molecule has 0 bridgehead atoms. The van der Waals surface area contributed by atoms with Gasteiger partial charge < -0.3 is 11.1 Å². The van der Waals surface area contributed by atoms with E-state index in [9.17, 15) is 4.39 Å². The summed E-state index contributed by atoms with van der Waals surface area (Å²) in [5, 5.41) is 3.38. The lowest BCUT2D eigenvalue weighted by molar-refractivity contribution is 0.328. The molecule has 1 atom stereocenters. The van der Waals surface area contributed by atoms with E-state index in [2.05, 4.69) is 34.5 Å². The fourth-order valence-corrected chi connectivity index (χ4v) is 2.87. The average molecular weight is 285 g/mol.